The molecule has 0 bridgehead atoms. The summed E-state index contributed by atoms with van der Waals surface area (Å²) in [4.78, 5) is 0. The van der Waals surface area contributed by atoms with Gasteiger partial charge in [0.1, 0.15) is 5.82 Å². The van der Waals surface area contributed by atoms with Crippen LogP contribution in [0.15, 0.2) is 12.1 Å². The van der Waals surface area contributed by atoms with Gasteiger partial charge in [-0.1, -0.05) is 11.6 Å². The number of rotatable bonds is 5. The Labute approximate surface area is 93.6 Å². The summed E-state index contributed by atoms with van der Waals surface area (Å²) in [5, 5.41) is 9.18. The van der Waals surface area contributed by atoms with Crippen molar-refractivity contribution in [1.29, 1.82) is 0 Å². The van der Waals surface area contributed by atoms with Crippen molar-refractivity contribution in [2.75, 3.05) is 13.7 Å². The summed E-state index contributed by atoms with van der Waals surface area (Å²) in [6.07, 6.45) is 1.02. The summed E-state index contributed by atoms with van der Waals surface area (Å²) in [5.41, 5.74) is 0.988. The molecule has 0 aliphatic heterocycles. The highest BCUT2D eigenvalue weighted by molar-refractivity contribution is 6.30. The highest BCUT2D eigenvalue weighted by Gasteiger charge is 2.09. The molecule has 0 aliphatic rings. The van der Waals surface area contributed by atoms with Gasteiger partial charge in [-0.3, -0.25) is 0 Å². The fraction of sp³-hybridized carbons (Fsp3) is 0.455. The number of benzene rings is 1. The molecule has 0 radical (unpaired) electrons. The summed E-state index contributed by atoms with van der Waals surface area (Å²) >= 11 is 5.85. The molecule has 84 valence electrons. The maximum atomic E-state index is 13.7. The second-order valence-electron chi connectivity index (χ2n) is 3.30. The van der Waals surface area contributed by atoms with E-state index in [4.69, 9.17) is 21.4 Å². The zero-order chi connectivity index (χ0) is 11.3. The van der Waals surface area contributed by atoms with Crippen molar-refractivity contribution >= 4 is 11.6 Å². The van der Waals surface area contributed by atoms with Gasteiger partial charge >= 0.3 is 0 Å². The van der Waals surface area contributed by atoms with Gasteiger partial charge in [0.05, 0.1) is 6.61 Å². The molecule has 1 rings (SSSR count). The minimum Gasteiger partial charge on any atom is -0.396 e. The van der Waals surface area contributed by atoms with E-state index in [-0.39, 0.29) is 19.0 Å². The molecule has 0 atom stereocenters. The molecule has 4 heteroatoms. The standard InChI is InChI=1S/C11H14ClFO2/c1-15-7-9-6-10(12)5-8(11(9)13)3-2-4-14/h5-6,14H,2-4,7H2,1H3. The first-order valence-corrected chi connectivity index (χ1v) is 5.13. The number of aliphatic hydroxyl groups excluding tert-OH is 1. The van der Waals surface area contributed by atoms with Gasteiger partial charge in [0, 0.05) is 24.3 Å². The number of halogens is 2. The number of aliphatic hydroxyl groups is 1. The Morgan fingerprint density at radius 2 is 2.07 bits per heavy atom. The molecule has 0 aliphatic carbocycles. The van der Waals surface area contributed by atoms with Crippen LogP contribution in [0, 0.1) is 5.82 Å². The largest absolute Gasteiger partial charge is 0.396 e. The molecule has 0 spiro atoms. The van der Waals surface area contributed by atoms with E-state index in [1.807, 2.05) is 0 Å². The Morgan fingerprint density at radius 3 is 2.67 bits per heavy atom. The molecular weight excluding hydrogens is 219 g/mol. The average Bonchev–Trinajstić information content (AvgIpc) is 2.21. The normalized spacial score (nSPS) is 10.7. The minimum atomic E-state index is -0.283. The minimum absolute atomic E-state index is 0.0472. The van der Waals surface area contributed by atoms with Crippen LogP contribution in [-0.4, -0.2) is 18.8 Å². The van der Waals surface area contributed by atoms with E-state index in [1.54, 1.807) is 12.1 Å². The molecule has 15 heavy (non-hydrogen) atoms. The molecule has 1 N–H and O–H groups in total. The average molecular weight is 233 g/mol. The van der Waals surface area contributed by atoms with Crippen LogP contribution in [0.25, 0.3) is 0 Å². The summed E-state index contributed by atoms with van der Waals surface area (Å²) in [6.45, 7) is 0.254. The molecule has 1 aromatic rings. The first-order valence-electron chi connectivity index (χ1n) is 4.75. The zero-order valence-electron chi connectivity index (χ0n) is 8.59. The molecule has 0 unspecified atom stereocenters. The fourth-order valence-corrected chi connectivity index (χ4v) is 1.68. The molecule has 1 aromatic carbocycles. The fourth-order valence-electron chi connectivity index (χ4n) is 1.42. The Balaban J connectivity index is 2.93. The van der Waals surface area contributed by atoms with E-state index in [2.05, 4.69) is 0 Å². The van der Waals surface area contributed by atoms with Gasteiger partial charge in [0.15, 0.2) is 0 Å². The molecule has 0 amide bonds. The molecule has 0 saturated heterocycles. The second-order valence-corrected chi connectivity index (χ2v) is 3.73. The highest BCUT2D eigenvalue weighted by atomic mass is 35.5. The van der Waals surface area contributed by atoms with Gasteiger partial charge in [-0.05, 0) is 30.5 Å². The summed E-state index contributed by atoms with van der Waals surface area (Å²) in [7, 11) is 1.51. The number of ether oxygens (including phenoxy) is 1. The van der Waals surface area contributed by atoms with E-state index in [1.165, 1.54) is 7.11 Å². The second kappa shape index (κ2) is 6.05. The quantitative estimate of drug-likeness (QED) is 0.846. The van der Waals surface area contributed by atoms with Gasteiger partial charge in [0.2, 0.25) is 0 Å². The van der Waals surface area contributed by atoms with Crippen LogP contribution < -0.4 is 0 Å². The Hall–Kier alpha value is -0.640. The van der Waals surface area contributed by atoms with E-state index in [0.717, 1.165) is 0 Å². The highest BCUT2D eigenvalue weighted by Crippen LogP contribution is 2.21. The topological polar surface area (TPSA) is 29.5 Å². The lowest BCUT2D eigenvalue weighted by Crippen LogP contribution is -2.00. The lowest BCUT2D eigenvalue weighted by Gasteiger charge is -2.08. The van der Waals surface area contributed by atoms with Crippen molar-refractivity contribution in [1.82, 2.24) is 0 Å². The van der Waals surface area contributed by atoms with Gasteiger partial charge in [0.25, 0.3) is 0 Å². The van der Waals surface area contributed by atoms with Crippen molar-refractivity contribution in [2.45, 2.75) is 19.4 Å². The number of hydrogen-bond donors (Lipinski definition) is 1. The molecule has 0 heterocycles. The van der Waals surface area contributed by atoms with E-state index < -0.39 is 0 Å². The van der Waals surface area contributed by atoms with Crippen LogP contribution in [0.4, 0.5) is 4.39 Å². The van der Waals surface area contributed by atoms with Crippen molar-refractivity contribution < 1.29 is 14.2 Å². The predicted octanol–water partition coefficient (Wildman–Crippen LogP) is 2.55. The third kappa shape index (κ3) is 3.45. The van der Waals surface area contributed by atoms with Crippen LogP contribution in [0.5, 0.6) is 0 Å². The van der Waals surface area contributed by atoms with E-state index in [9.17, 15) is 4.39 Å². The van der Waals surface area contributed by atoms with Gasteiger partial charge < -0.3 is 9.84 Å². The predicted molar refractivity (Wildman–Crippen MR) is 57.5 cm³/mol. The molecule has 0 aromatic heterocycles. The van der Waals surface area contributed by atoms with Crippen LogP contribution in [0.1, 0.15) is 17.5 Å². The number of methoxy groups -OCH3 is 1. The van der Waals surface area contributed by atoms with Gasteiger partial charge in [-0.15, -0.1) is 0 Å². The van der Waals surface area contributed by atoms with Crippen molar-refractivity contribution in [2.24, 2.45) is 0 Å². The summed E-state index contributed by atoms with van der Waals surface area (Å²) in [6, 6.07) is 3.15. The van der Waals surface area contributed by atoms with Crippen LogP contribution in [0.2, 0.25) is 5.02 Å². The maximum absolute atomic E-state index is 13.7. The monoisotopic (exact) mass is 232 g/mol. The Morgan fingerprint density at radius 1 is 1.40 bits per heavy atom. The smallest absolute Gasteiger partial charge is 0.132 e. The van der Waals surface area contributed by atoms with Crippen LogP contribution >= 0.6 is 11.6 Å². The molecule has 0 saturated carbocycles. The maximum Gasteiger partial charge on any atom is 0.132 e. The number of hydrogen-bond acceptors (Lipinski definition) is 2. The molecular formula is C11H14ClFO2. The van der Waals surface area contributed by atoms with E-state index >= 15 is 0 Å². The van der Waals surface area contributed by atoms with E-state index in [0.29, 0.717) is 29.0 Å². The third-order valence-corrected chi connectivity index (χ3v) is 2.31. The lowest BCUT2D eigenvalue weighted by atomic mass is 10.1. The van der Waals surface area contributed by atoms with Crippen molar-refractivity contribution in [3.8, 4) is 0 Å². The number of aryl methyl sites for hydroxylation is 1. The SMILES string of the molecule is COCc1cc(Cl)cc(CCCO)c1F. The first kappa shape index (κ1) is 12.4. The lowest BCUT2D eigenvalue weighted by molar-refractivity contribution is 0.181. The van der Waals surface area contributed by atoms with Gasteiger partial charge in [-0.2, -0.15) is 0 Å². The summed E-state index contributed by atoms with van der Waals surface area (Å²) in [5.74, 6) is -0.283. The molecule has 2 nitrogen and oxygen atoms in total. The van der Waals surface area contributed by atoms with Crippen LogP contribution in [0.3, 0.4) is 0 Å². The molecule has 0 fully saturated rings. The van der Waals surface area contributed by atoms with Crippen LogP contribution in [-0.2, 0) is 17.8 Å². The zero-order valence-corrected chi connectivity index (χ0v) is 9.35. The first-order chi connectivity index (χ1) is 7.19. The van der Waals surface area contributed by atoms with Crippen molar-refractivity contribution in [3.63, 3.8) is 0 Å². The van der Waals surface area contributed by atoms with Gasteiger partial charge in [-0.25, -0.2) is 4.39 Å². The Kier molecular flexibility index (Phi) is 5.02. The third-order valence-electron chi connectivity index (χ3n) is 2.09. The summed E-state index contributed by atoms with van der Waals surface area (Å²) < 4.78 is 18.6. The Bertz CT molecular complexity index is 329. The van der Waals surface area contributed by atoms with Crippen molar-refractivity contribution in [3.05, 3.63) is 34.1 Å².